The lowest BCUT2D eigenvalue weighted by Gasteiger charge is -2.31. The van der Waals surface area contributed by atoms with Crippen molar-refractivity contribution in [3.8, 4) is 5.75 Å². The number of amides is 2. The van der Waals surface area contributed by atoms with Crippen molar-refractivity contribution < 1.29 is 14.3 Å². The first-order valence-electron chi connectivity index (χ1n) is 9.34. The highest BCUT2D eigenvalue weighted by atomic mass is 35.5. The Balaban J connectivity index is 1.67. The van der Waals surface area contributed by atoms with Crippen LogP contribution in [0.25, 0.3) is 0 Å². The molecule has 6 nitrogen and oxygen atoms in total. The molecular formula is C21H24ClN3O3. The van der Waals surface area contributed by atoms with Gasteiger partial charge in [-0.2, -0.15) is 0 Å². The van der Waals surface area contributed by atoms with Crippen LogP contribution < -0.4 is 10.1 Å². The van der Waals surface area contributed by atoms with Crippen LogP contribution >= 0.6 is 11.6 Å². The lowest BCUT2D eigenvalue weighted by atomic mass is 10.1. The van der Waals surface area contributed by atoms with Crippen molar-refractivity contribution in [3.05, 3.63) is 58.4 Å². The van der Waals surface area contributed by atoms with E-state index in [1.807, 2.05) is 24.0 Å². The smallest absolute Gasteiger partial charge is 0.255 e. The Morgan fingerprint density at radius 2 is 2.04 bits per heavy atom. The van der Waals surface area contributed by atoms with Crippen LogP contribution in [0.1, 0.15) is 41.4 Å². The topological polar surface area (TPSA) is 71.5 Å². The van der Waals surface area contributed by atoms with Gasteiger partial charge in [0.05, 0.1) is 17.8 Å². The number of rotatable bonds is 5. The van der Waals surface area contributed by atoms with Gasteiger partial charge < -0.3 is 15.0 Å². The molecule has 1 aliphatic rings. The number of likely N-dealkylation sites (tertiary alicyclic amines) is 1. The number of nitrogens with zero attached hydrogens (tertiary/aromatic N) is 2. The van der Waals surface area contributed by atoms with Crippen LogP contribution in [0, 0.1) is 6.92 Å². The molecule has 2 aromatic rings. The van der Waals surface area contributed by atoms with Crippen molar-refractivity contribution in [1.82, 2.24) is 15.2 Å². The van der Waals surface area contributed by atoms with Crippen molar-refractivity contribution in [2.24, 2.45) is 0 Å². The number of carbonyl (C=O) groups is 2. The van der Waals surface area contributed by atoms with Gasteiger partial charge in [0.1, 0.15) is 11.9 Å². The molecule has 1 N–H and O–H groups in total. The minimum absolute atomic E-state index is 0.0404. The summed E-state index contributed by atoms with van der Waals surface area (Å²) in [6.07, 6.45) is 3.13. The first kappa shape index (κ1) is 20.1. The summed E-state index contributed by atoms with van der Waals surface area (Å²) in [4.78, 5) is 30.3. The number of nitrogens with one attached hydrogen (secondary N) is 1. The number of pyridine rings is 1. The average Bonchev–Trinajstić information content (AvgIpc) is 2.69. The van der Waals surface area contributed by atoms with E-state index in [4.69, 9.17) is 16.3 Å². The predicted octanol–water partition coefficient (Wildman–Crippen LogP) is 3.36. The van der Waals surface area contributed by atoms with Crippen LogP contribution in [0.15, 0.2) is 36.5 Å². The monoisotopic (exact) mass is 401 g/mol. The first-order valence-corrected chi connectivity index (χ1v) is 9.72. The maximum Gasteiger partial charge on any atom is 0.255 e. The molecular weight excluding hydrogens is 378 g/mol. The zero-order valence-corrected chi connectivity index (χ0v) is 16.8. The second-order valence-electron chi connectivity index (χ2n) is 6.91. The number of carbonyl (C=O) groups excluding carboxylic acids is 2. The fourth-order valence-electron chi connectivity index (χ4n) is 3.21. The minimum atomic E-state index is -0.260. The molecule has 0 bridgehead atoms. The highest BCUT2D eigenvalue weighted by Gasteiger charge is 2.24. The molecule has 1 saturated heterocycles. The third-order valence-electron chi connectivity index (χ3n) is 4.90. The number of piperidine rings is 1. The normalized spacial score (nSPS) is 14.6. The van der Waals surface area contributed by atoms with Gasteiger partial charge in [0, 0.05) is 44.1 Å². The quantitative estimate of drug-likeness (QED) is 0.833. The van der Waals surface area contributed by atoms with Gasteiger partial charge in [-0.1, -0.05) is 17.7 Å². The summed E-state index contributed by atoms with van der Waals surface area (Å²) in [5.41, 5.74) is 2.23. The molecule has 1 fully saturated rings. The second-order valence-corrected chi connectivity index (χ2v) is 7.35. The molecule has 0 unspecified atom stereocenters. The van der Waals surface area contributed by atoms with Gasteiger partial charge in [-0.05, 0) is 36.8 Å². The fraction of sp³-hybridized carbons (Fsp3) is 0.381. The molecule has 7 heteroatoms. The van der Waals surface area contributed by atoms with Crippen LogP contribution in [-0.4, -0.2) is 40.9 Å². The Bertz CT molecular complexity index is 864. The largest absolute Gasteiger partial charge is 0.489 e. The maximum absolute atomic E-state index is 12.8. The van der Waals surface area contributed by atoms with Crippen LogP contribution in [0.4, 0.5) is 0 Å². The van der Waals surface area contributed by atoms with E-state index in [2.05, 4.69) is 10.3 Å². The standard InChI is InChI=1S/C21H24ClN3O3/c1-14-4-3-9-23-19(14)13-24-21(27)18-12-16(22)5-6-20(18)28-17-7-10-25(11-8-17)15(2)26/h3-6,9,12,17H,7-8,10-11,13H2,1-2H3,(H,24,27). The van der Waals surface area contributed by atoms with Crippen LogP contribution in [-0.2, 0) is 11.3 Å². The Kier molecular flexibility index (Phi) is 6.52. The van der Waals surface area contributed by atoms with Crippen molar-refractivity contribution >= 4 is 23.4 Å². The Morgan fingerprint density at radius 3 is 2.71 bits per heavy atom. The summed E-state index contributed by atoms with van der Waals surface area (Å²) in [5, 5.41) is 3.36. The molecule has 0 aliphatic carbocycles. The summed E-state index contributed by atoms with van der Waals surface area (Å²) >= 11 is 6.11. The van der Waals surface area contributed by atoms with Gasteiger partial charge in [0.2, 0.25) is 5.91 Å². The zero-order valence-electron chi connectivity index (χ0n) is 16.1. The number of ether oxygens (including phenoxy) is 1. The number of aryl methyl sites for hydroxylation is 1. The van der Waals surface area contributed by atoms with E-state index in [9.17, 15) is 9.59 Å². The molecule has 2 amide bonds. The van der Waals surface area contributed by atoms with Gasteiger partial charge in [-0.3, -0.25) is 14.6 Å². The maximum atomic E-state index is 12.8. The third-order valence-corrected chi connectivity index (χ3v) is 5.14. The zero-order chi connectivity index (χ0) is 20.1. The number of benzene rings is 1. The van der Waals surface area contributed by atoms with Crippen molar-refractivity contribution in [1.29, 1.82) is 0 Å². The van der Waals surface area contributed by atoms with Gasteiger partial charge in [0.15, 0.2) is 0 Å². The Morgan fingerprint density at radius 1 is 1.29 bits per heavy atom. The molecule has 0 saturated carbocycles. The molecule has 0 radical (unpaired) electrons. The SMILES string of the molecule is CC(=O)N1CCC(Oc2ccc(Cl)cc2C(=O)NCc2ncccc2C)CC1. The molecule has 1 aromatic carbocycles. The highest BCUT2D eigenvalue weighted by Crippen LogP contribution is 2.26. The van der Waals surface area contributed by atoms with E-state index in [0.29, 0.717) is 36.0 Å². The Labute approximate surface area is 169 Å². The minimum Gasteiger partial charge on any atom is -0.489 e. The third kappa shape index (κ3) is 5.01. The molecule has 28 heavy (non-hydrogen) atoms. The lowest BCUT2D eigenvalue weighted by Crippen LogP contribution is -2.40. The average molecular weight is 402 g/mol. The Hall–Kier alpha value is -2.60. The van der Waals surface area contributed by atoms with E-state index < -0.39 is 0 Å². The number of halogens is 1. The lowest BCUT2D eigenvalue weighted by molar-refractivity contribution is -0.130. The van der Waals surface area contributed by atoms with E-state index in [1.165, 1.54) is 0 Å². The second kappa shape index (κ2) is 9.06. The molecule has 1 aromatic heterocycles. The number of hydrogen-bond donors (Lipinski definition) is 1. The highest BCUT2D eigenvalue weighted by molar-refractivity contribution is 6.31. The number of hydrogen-bond acceptors (Lipinski definition) is 4. The predicted molar refractivity (Wildman–Crippen MR) is 108 cm³/mol. The summed E-state index contributed by atoms with van der Waals surface area (Å²) in [6, 6.07) is 8.86. The summed E-state index contributed by atoms with van der Waals surface area (Å²) in [6.45, 7) is 5.18. The fourth-order valence-corrected chi connectivity index (χ4v) is 3.39. The van der Waals surface area contributed by atoms with E-state index >= 15 is 0 Å². The molecule has 148 valence electrons. The molecule has 2 heterocycles. The molecule has 3 rings (SSSR count). The van der Waals surface area contributed by atoms with Gasteiger partial charge in [-0.15, -0.1) is 0 Å². The van der Waals surface area contributed by atoms with Gasteiger partial charge in [-0.25, -0.2) is 0 Å². The summed E-state index contributed by atoms with van der Waals surface area (Å²) in [7, 11) is 0. The van der Waals surface area contributed by atoms with Crippen LogP contribution in [0.2, 0.25) is 5.02 Å². The molecule has 0 atom stereocenters. The molecule has 0 spiro atoms. The number of aromatic nitrogens is 1. The summed E-state index contributed by atoms with van der Waals surface area (Å²) < 4.78 is 6.09. The molecule has 1 aliphatic heterocycles. The first-order chi connectivity index (χ1) is 13.4. The van der Waals surface area contributed by atoms with Crippen LogP contribution in [0.3, 0.4) is 0 Å². The summed E-state index contributed by atoms with van der Waals surface area (Å²) in [5.74, 6) is 0.319. The van der Waals surface area contributed by atoms with Crippen molar-refractivity contribution in [2.75, 3.05) is 13.1 Å². The van der Waals surface area contributed by atoms with E-state index in [1.54, 1.807) is 31.3 Å². The van der Waals surface area contributed by atoms with Crippen LogP contribution in [0.5, 0.6) is 5.75 Å². The van der Waals surface area contributed by atoms with Gasteiger partial charge in [0.25, 0.3) is 5.91 Å². The van der Waals surface area contributed by atoms with Crippen molar-refractivity contribution in [2.45, 2.75) is 39.3 Å². The van der Waals surface area contributed by atoms with Crippen molar-refractivity contribution in [3.63, 3.8) is 0 Å². The van der Waals surface area contributed by atoms with E-state index in [0.717, 1.165) is 24.1 Å². The van der Waals surface area contributed by atoms with E-state index in [-0.39, 0.29) is 17.9 Å². The van der Waals surface area contributed by atoms with Gasteiger partial charge >= 0.3 is 0 Å².